The molecule has 0 unspecified atom stereocenters. The van der Waals surface area contributed by atoms with Gasteiger partial charge in [0.25, 0.3) is 5.91 Å². The number of para-hydroxylation sites is 1. The summed E-state index contributed by atoms with van der Waals surface area (Å²) in [6.07, 6.45) is 0. The Morgan fingerprint density at radius 2 is 2.40 bits per heavy atom. The van der Waals surface area contributed by atoms with E-state index >= 15 is 0 Å². The van der Waals surface area contributed by atoms with Crippen LogP contribution in [0.5, 0.6) is 0 Å². The Bertz CT molecular complexity index is 509. The van der Waals surface area contributed by atoms with Crippen molar-refractivity contribution in [2.24, 2.45) is 0 Å². The van der Waals surface area contributed by atoms with E-state index in [0.717, 1.165) is 15.8 Å². The molecule has 78 valence electrons. The summed E-state index contributed by atoms with van der Waals surface area (Å²) < 4.78 is 13.0. The first-order valence-corrected chi connectivity index (χ1v) is 5.24. The highest BCUT2D eigenvalue weighted by molar-refractivity contribution is 7.22. The number of amides is 1. The van der Waals surface area contributed by atoms with Crippen LogP contribution in [0.1, 0.15) is 5.56 Å². The highest BCUT2D eigenvalue weighted by Crippen LogP contribution is 2.27. The summed E-state index contributed by atoms with van der Waals surface area (Å²) >= 11 is 1.35. The lowest BCUT2D eigenvalue weighted by Gasteiger charge is -1.94. The highest BCUT2D eigenvalue weighted by Gasteiger charge is 2.08. The first-order valence-electron chi connectivity index (χ1n) is 4.42. The van der Waals surface area contributed by atoms with Crippen LogP contribution in [0.25, 0.3) is 10.2 Å². The first kappa shape index (κ1) is 10.0. The second-order valence-corrected chi connectivity index (χ2v) is 4.15. The lowest BCUT2D eigenvalue weighted by Crippen LogP contribution is -2.12. The van der Waals surface area contributed by atoms with Crippen molar-refractivity contribution in [2.45, 2.75) is 6.92 Å². The number of thiazole rings is 1. The molecule has 2 rings (SSSR count). The van der Waals surface area contributed by atoms with E-state index in [1.807, 2.05) is 25.1 Å². The maximum absolute atomic E-state index is 12.0. The number of nitrogens with one attached hydrogen (secondary N) is 1. The van der Waals surface area contributed by atoms with Gasteiger partial charge in [-0.25, -0.2) is 9.37 Å². The molecule has 3 nitrogen and oxygen atoms in total. The van der Waals surface area contributed by atoms with Gasteiger partial charge in [0.05, 0.1) is 10.2 Å². The molecule has 0 saturated heterocycles. The van der Waals surface area contributed by atoms with Crippen LogP contribution in [0.4, 0.5) is 9.52 Å². The molecule has 0 aliphatic carbocycles. The molecule has 0 spiro atoms. The number of carbonyl (C=O) groups excluding carboxylic acids is 1. The molecule has 0 aliphatic rings. The number of alkyl halides is 1. The number of aryl methyl sites for hydroxylation is 1. The first-order chi connectivity index (χ1) is 7.20. The minimum atomic E-state index is -1.02. The Hall–Kier alpha value is -1.49. The molecule has 0 atom stereocenters. The van der Waals surface area contributed by atoms with Gasteiger partial charge < -0.3 is 0 Å². The number of anilines is 1. The molecule has 0 aliphatic heterocycles. The predicted octanol–water partition coefficient (Wildman–Crippen LogP) is 2.51. The van der Waals surface area contributed by atoms with Gasteiger partial charge in [-0.1, -0.05) is 23.5 Å². The van der Waals surface area contributed by atoms with Gasteiger partial charge in [0.1, 0.15) is 0 Å². The molecule has 15 heavy (non-hydrogen) atoms. The fraction of sp³-hybridized carbons (Fsp3) is 0.200. The Balaban J connectivity index is 2.39. The summed E-state index contributed by atoms with van der Waals surface area (Å²) in [5, 5.41) is 2.85. The minimum absolute atomic E-state index is 0.446. The van der Waals surface area contributed by atoms with Crippen LogP contribution in [-0.4, -0.2) is 17.6 Å². The summed E-state index contributed by atoms with van der Waals surface area (Å²) in [7, 11) is 0. The van der Waals surface area contributed by atoms with Crippen molar-refractivity contribution in [2.75, 3.05) is 12.0 Å². The van der Waals surface area contributed by atoms with Gasteiger partial charge >= 0.3 is 0 Å². The summed E-state index contributed by atoms with van der Waals surface area (Å²) in [4.78, 5) is 15.0. The molecule has 1 heterocycles. The predicted molar refractivity (Wildman–Crippen MR) is 59.0 cm³/mol. The maximum atomic E-state index is 12.0. The highest BCUT2D eigenvalue weighted by atomic mass is 32.1. The Morgan fingerprint density at radius 3 is 3.07 bits per heavy atom. The van der Waals surface area contributed by atoms with Gasteiger partial charge in [-0.05, 0) is 18.6 Å². The van der Waals surface area contributed by atoms with Crippen LogP contribution < -0.4 is 5.32 Å². The van der Waals surface area contributed by atoms with Crippen molar-refractivity contribution >= 4 is 32.6 Å². The summed E-state index contributed by atoms with van der Waals surface area (Å²) in [5.41, 5.74) is 1.90. The van der Waals surface area contributed by atoms with Gasteiger partial charge in [-0.15, -0.1) is 0 Å². The quantitative estimate of drug-likeness (QED) is 0.851. The maximum Gasteiger partial charge on any atom is 0.257 e. The average Bonchev–Trinajstić information content (AvgIpc) is 2.62. The van der Waals surface area contributed by atoms with Crippen molar-refractivity contribution in [3.63, 3.8) is 0 Å². The van der Waals surface area contributed by atoms with E-state index in [2.05, 4.69) is 10.3 Å². The topological polar surface area (TPSA) is 42.0 Å². The zero-order chi connectivity index (χ0) is 10.8. The number of carbonyl (C=O) groups is 1. The number of rotatable bonds is 2. The number of hydrogen-bond donors (Lipinski definition) is 1. The van der Waals surface area contributed by atoms with E-state index in [0.29, 0.717) is 5.13 Å². The van der Waals surface area contributed by atoms with Crippen LogP contribution in [0.2, 0.25) is 0 Å². The molecule has 0 radical (unpaired) electrons. The van der Waals surface area contributed by atoms with Gasteiger partial charge in [0.2, 0.25) is 0 Å². The van der Waals surface area contributed by atoms with E-state index in [1.54, 1.807) is 0 Å². The minimum Gasteiger partial charge on any atom is -0.300 e. The van der Waals surface area contributed by atoms with Crippen molar-refractivity contribution in [1.29, 1.82) is 0 Å². The average molecular weight is 224 g/mol. The monoisotopic (exact) mass is 224 g/mol. The second kappa shape index (κ2) is 3.94. The number of benzene rings is 1. The van der Waals surface area contributed by atoms with E-state index in [4.69, 9.17) is 0 Å². The molecular weight excluding hydrogens is 215 g/mol. The van der Waals surface area contributed by atoms with Crippen LogP contribution in [0, 0.1) is 6.92 Å². The third-order valence-corrected chi connectivity index (χ3v) is 2.92. The summed E-state index contributed by atoms with van der Waals surface area (Å²) in [6, 6.07) is 5.80. The van der Waals surface area contributed by atoms with Crippen LogP contribution in [0.3, 0.4) is 0 Å². The summed E-state index contributed by atoms with van der Waals surface area (Å²) in [5.74, 6) is -0.660. The van der Waals surface area contributed by atoms with Crippen molar-refractivity contribution in [3.05, 3.63) is 23.8 Å². The molecule has 0 fully saturated rings. The largest absolute Gasteiger partial charge is 0.300 e. The Kier molecular flexibility index (Phi) is 2.64. The van der Waals surface area contributed by atoms with Gasteiger partial charge in [0.15, 0.2) is 11.8 Å². The second-order valence-electron chi connectivity index (χ2n) is 3.12. The van der Waals surface area contributed by atoms with E-state index in [9.17, 15) is 9.18 Å². The van der Waals surface area contributed by atoms with Crippen LogP contribution in [0.15, 0.2) is 18.2 Å². The zero-order valence-electron chi connectivity index (χ0n) is 8.08. The molecule has 1 aromatic carbocycles. The zero-order valence-corrected chi connectivity index (χ0v) is 8.90. The molecule has 5 heteroatoms. The fourth-order valence-electron chi connectivity index (χ4n) is 1.29. The normalized spacial score (nSPS) is 10.5. The van der Waals surface area contributed by atoms with Crippen molar-refractivity contribution in [1.82, 2.24) is 4.98 Å². The van der Waals surface area contributed by atoms with Gasteiger partial charge in [-0.2, -0.15) is 0 Å². The Morgan fingerprint density at radius 1 is 1.60 bits per heavy atom. The number of fused-ring (bicyclic) bond motifs is 1. The van der Waals surface area contributed by atoms with Crippen molar-refractivity contribution < 1.29 is 9.18 Å². The summed E-state index contributed by atoms with van der Waals surface area (Å²) in [6.45, 7) is 0.928. The van der Waals surface area contributed by atoms with E-state index in [-0.39, 0.29) is 0 Å². The third-order valence-electron chi connectivity index (χ3n) is 1.99. The lowest BCUT2D eigenvalue weighted by atomic mass is 10.2. The van der Waals surface area contributed by atoms with Gasteiger partial charge in [0, 0.05) is 0 Å². The van der Waals surface area contributed by atoms with Crippen LogP contribution >= 0.6 is 11.3 Å². The number of nitrogens with zero attached hydrogens (tertiary/aromatic N) is 1. The smallest absolute Gasteiger partial charge is 0.257 e. The molecule has 0 saturated carbocycles. The molecular formula is C10H9FN2OS. The van der Waals surface area contributed by atoms with Crippen LogP contribution in [-0.2, 0) is 4.79 Å². The fourth-order valence-corrected chi connectivity index (χ4v) is 2.25. The standard InChI is InChI=1S/C10H9FN2OS/c1-6-3-2-4-7-9(6)13-10(15-7)12-8(14)5-11/h2-4H,5H2,1H3,(H,12,13,14). The van der Waals surface area contributed by atoms with E-state index in [1.165, 1.54) is 11.3 Å². The van der Waals surface area contributed by atoms with E-state index < -0.39 is 12.6 Å². The molecule has 1 aromatic heterocycles. The molecule has 2 aromatic rings. The lowest BCUT2D eigenvalue weighted by molar-refractivity contribution is -0.117. The molecule has 1 amide bonds. The number of aromatic nitrogens is 1. The third kappa shape index (κ3) is 1.97. The Labute approximate surface area is 89.9 Å². The van der Waals surface area contributed by atoms with Gasteiger partial charge in [-0.3, -0.25) is 10.1 Å². The number of halogens is 1. The molecule has 1 N–H and O–H groups in total. The molecule has 0 bridgehead atoms. The number of hydrogen-bond acceptors (Lipinski definition) is 3. The van der Waals surface area contributed by atoms with Crippen molar-refractivity contribution in [3.8, 4) is 0 Å². The SMILES string of the molecule is Cc1cccc2sc(NC(=O)CF)nc12.